The van der Waals surface area contributed by atoms with Crippen molar-refractivity contribution in [3.05, 3.63) is 82.1 Å². The Balaban J connectivity index is 1.87. The Morgan fingerprint density at radius 2 is 1.65 bits per heavy atom. The quantitative estimate of drug-likeness (QED) is 0.323. The zero-order valence-electron chi connectivity index (χ0n) is 20.0. The van der Waals surface area contributed by atoms with Gasteiger partial charge in [-0.1, -0.05) is 42.5 Å². The van der Waals surface area contributed by atoms with Crippen molar-refractivity contribution in [3.63, 3.8) is 0 Å². The van der Waals surface area contributed by atoms with Gasteiger partial charge in [0.05, 0.1) is 23.6 Å². The van der Waals surface area contributed by atoms with E-state index in [1.54, 1.807) is 42.5 Å². The predicted molar refractivity (Wildman–Crippen MR) is 130 cm³/mol. The number of hydrogen-bond donors (Lipinski definition) is 6. The third-order valence-electron chi connectivity index (χ3n) is 7.82. The topological polar surface area (TPSA) is 182 Å². The Labute approximate surface area is 211 Å². The van der Waals surface area contributed by atoms with Gasteiger partial charge in [-0.05, 0) is 31.3 Å². The van der Waals surface area contributed by atoms with Gasteiger partial charge in [-0.3, -0.25) is 19.3 Å². The molecule has 37 heavy (non-hydrogen) atoms. The normalized spacial score (nSPS) is 31.2. The first-order valence-corrected chi connectivity index (χ1v) is 11.6. The number of Topliss-reactive ketones (excluding diaryl/α,β-unsaturated/α-hetero) is 2. The number of benzene rings is 2. The summed E-state index contributed by atoms with van der Waals surface area (Å²) in [6.07, 6.45) is -1.67. The van der Waals surface area contributed by atoms with Crippen LogP contribution in [0, 0.1) is 11.8 Å². The Bertz CT molecular complexity index is 1410. The first kappa shape index (κ1) is 24.7. The van der Waals surface area contributed by atoms with Gasteiger partial charge in [-0.15, -0.1) is 0 Å². The Morgan fingerprint density at radius 3 is 2.24 bits per heavy atom. The van der Waals surface area contributed by atoms with E-state index in [0.29, 0.717) is 11.1 Å². The molecule has 0 unspecified atom stereocenters. The number of nitrogens with two attached hydrogens (primary N) is 1. The molecule has 5 rings (SSSR count). The van der Waals surface area contributed by atoms with E-state index >= 15 is 0 Å². The summed E-state index contributed by atoms with van der Waals surface area (Å²) in [5.74, 6) is -9.33. The second-order valence-corrected chi connectivity index (χ2v) is 9.89. The van der Waals surface area contributed by atoms with Gasteiger partial charge in [-0.2, -0.15) is 0 Å². The van der Waals surface area contributed by atoms with Gasteiger partial charge in [-0.25, -0.2) is 0 Å². The fourth-order valence-corrected chi connectivity index (χ4v) is 6.32. The molecule has 6 atom stereocenters. The van der Waals surface area contributed by atoms with Crippen molar-refractivity contribution in [3.8, 4) is 5.75 Å². The summed E-state index contributed by atoms with van der Waals surface area (Å²) in [5, 5.41) is 56.5. The zero-order chi connectivity index (χ0) is 27.0. The highest BCUT2D eigenvalue weighted by molar-refractivity contribution is 6.24. The number of carbonyl (C=O) groups is 3. The number of ketones is 2. The van der Waals surface area contributed by atoms with Crippen molar-refractivity contribution in [2.45, 2.75) is 23.7 Å². The maximum absolute atomic E-state index is 14.1. The molecule has 0 heterocycles. The minimum absolute atomic E-state index is 0.0557. The van der Waals surface area contributed by atoms with E-state index in [9.17, 15) is 39.9 Å². The van der Waals surface area contributed by atoms with E-state index in [1.165, 1.54) is 25.1 Å². The summed E-state index contributed by atoms with van der Waals surface area (Å²) in [5.41, 5.74) is 2.02. The number of rotatable bonds is 3. The third-order valence-corrected chi connectivity index (χ3v) is 7.82. The minimum Gasteiger partial charge on any atom is -0.508 e. The van der Waals surface area contributed by atoms with Crippen molar-refractivity contribution < 1.29 is 39.9 Å². The van der Waals surface area contributed by atoms with Gasteiger partial charge in [0.15, 0.2) is 11.4 Å². The number of primary amides is 1. The molecule has 0 radical (unpaired) electrons. The van der Waals surface area contributed by atoms with E-state index in [-0.39, 0.29) is 11.3 Å². The highest BCUT2D eigenvalue weighted by atomic mass is 16.4. The maximum atomic E-state index is 14.1. The molecule has 0 aliphatic heterocycles. The molecule has 3 aliphatic carbocycles. The predicted octanol–water partition coefficient (Wildman–Crippen LogP) is 0.524. The molecule has 2 aromatic rings. The number of fused-ring (bicyclic) bond motifs is 3. The molecular formula is C27H26N2O8. The lowest BCUT2D eigenvalue weighted by Gasteiger charge is -2.54. The molecule has 0 bridgehead atoms. The van der Waals surface area contributed by atoms with Crippen LogP contribution in [0.3, 0.4) is 0 Å². The third kappa shape index (κ3) is 3.13. The van der Waals surface area contributed by atoms with E-state index in [2.05, 4.69) is 0 Å². The molecule has 3 aliphatic rings. The first-order valence-electron chi connectivity index (χ1n) is 11.6. The largest absolute Gasteiger partial charge is 0.508 e. The Hall–Kier alpha value is -3.99. The van der Waals surface area contributed by atoms with Gasteiger partial charge in [0.1, 0.15) is 22.8 Å². The molecule has 10 heteroatoms. The zero-order valence-corrected chi connectivity index (χ0v) is 20.0. The van der Waals surface area contributed by atoms with Gasteiger partial charge in [0.25, 0.3) is 5.91 Å². The minimum atomic E-state index is -2.95. The summed E-state index contributed by atoms with van der Waals surface area (Å²) < 4.78 is 0. The monoisotopic (exact) mass is 506 g/mol. The Kier molecular flexibility index (Phi) is 5.52. The van der Waals surface area contributed by atoms with Crippen LogP contribution in [-0.4, -0.2) is 79.7 Å². The summed E-state index contributed by atoms with van der Waals surface area (Å²) in [6, 6.07) is 11.9. The second kappa shape index (κ2) is 8.27. The number of phenols is 1. The van der Waals surface area contributed by atoms with Gasteiger partial charge in [0, 0.05) is 17.4 Å². The Morgan fingerprint density at radius 1 is 1.00 bits per heavy atom. The molecule has 7 N–H and O–H groups in total. The lowest BCUT2D eigenvalue weighted by molar-refractivity contribution is -0.169. The number of aromatic hydroxyl groups is 1. The van der Waals surface area contributed by atoms with Crippen molar-refractivity contribution >= 4 is 23.2 Å². The SMILES string of the molecule is CN(C)[C@@H]1C(=O)C(C(N)=O)=C(O)[C@@]2(O)C(=O)C3=C(O)c4c(O)cccc4[C@H](c4ccccc4)[C@H]3[C@H](O)[C@@H]12. The van der Waals surface area contributed by atoms with Crippen molar-refractivity contribution in [2.75, 3.05) is 14.1 Å². The number of nitrogens with zero attached hydrogens (tertiary/aromatic N) is 1. The average Bonchev–Trinajstić information content (AvgIpc) is 2.84. The number of likely N-dealkylation sites (N-methyl/N-ethyl adjacent to an activating group) is 1. The standard InChI is InChI=1S/C27H26N2O8/c1-29(2)20-19-22(32)16-14(11-7-4-3-5-8-11)12-9-6-10-13(30)15(12)21(31)17(16)24(34)27(19,37)25(35)18(23(20)33)26(28)36/h3-10,14,16,19-20,22,30-32,35,37H,1-2H3,(H2,28,36)/t14-,16+,19+,20-,22-,27-/m0/s1. The number of hydrogen-bond acceptors (Lipinski definition) is 9. The van der Waals surface area contributed by atoms with Crippen LogP contribution in [0.1, 0.15) is 22.6 Å². The smallest absolute Gasteiger partial charge is 0.255 e. The molecule has 1 amide bonds. The number of aliphatic hydroxyl groups excluding tert-OH is 3. The molecular weight excluding hydrogens is 480 g/mol. The molecule has 0 spiro atoms. The second-order valence-electron chi connectivity index (χ2n) is 9.89. The van der Waals surface area contributed by atoms with Gasteiger partial charge >= 0.3 is 0 Å². The van der Waals surface area contributed by atoms with Crippen molar-refractivity contribution in [2.24, 2.45) is 17.6 Å². The molecule has 10 nitrogen and oxygen atoms in total. The molecule has 1 saturated carbocycles. The molecule has 0 aromatic heterocycles. The van der Waals surface area contributed by atoms with E-state index in [0.717, 1.165) is 0 Å². The molecule has 192 valence electrons. The fourth-order valence-electron chi connectivity index (χ4n) is 6.32. The van der Waals surface area contributed by atoms with Crippen molar-refractivity contribution in [1.29, 1.82) is 0 Å². The maximum Gasteiger partial charge on any atom is 0.255 e. The van der Waals surface area contributed by atoms with Crippen LogP contribution in [0.4, 0.5) is 0 Å². The average molecular weight is 507 g/mol. The number of phenolic OH excluding ortho intramolecular Hbond substituents is 1. The van der Waals surface area contributed by atoms with Crippen LogP contribution in [0.2, 0.25) is 0 Å². The summed E-state index contributed by atoms with van der Waals surface area (Å²) in [7, 11) is 2.93. The van der Waals surface area contributed by atoms with Crippen LogP contribution in [-0.2, 0) is 14.4 Å². The summed E-state index contributed by atoms with van der Waals surface area (Å²) in [4.78, 5) is 40.8. The van der Waals surface area contributed by atoms with Gasteiger partial charge < -0.3 is 31.3 Å². The number of amides is 1. The van der Waals surface area contributed by atoms with Crippen LogP contribution >= 0.6 is 0 Å². The number of carbonyl (C=O) groups excluding carboxylic acids is 3. The number of aliphatic hydroxyl groups is 4. The van der Waals surface area contributed by atoms with Crippen molar-refractivity contribution in [1.82, 2.24) is 4.90 Å². The lowest BCUT2D eigenvalue weighted by Crippen LogP contribution is -2.70. The fraction of sp³-hybridized carbons (Fsp3) is 0.296. The van der Waals surface area contributed by atoms with Gasteiger partial charge in [0.2, 0.25) is 5.78 Å². The molecule has 0 saturated heterocycles. The van der Waals surface area contributed by atoms with E-state index in [4.69, 9.17) is 5.73 Å². The van der Waals surface area contributed by atoms with Crippen LogP contribution in [0.15, 0.2) is 65.4 Å². The van der Waals surface area contributed by atoms with Crippen LogP contribution in [0.5, 0.6) is 5.75 Å². The highest BCUT2D eigenvalue weighted by Crippen LogP contribution is 2.57. The lowest BCUT2D eigenvalue weighted by atomic mass is 9.53. The summed E-state index contributed by atoms with van der Waals surface area (Å²) >= 11 is 0. The molecule has 2 aromatic carbocycles. The van der Waals surface area contributed by atoms with E-state index < -0.39 is 75.6 Å². The van der Waals surface area contributed by atoms with Crippen LogP contribution < -0.4 is 5.73 Å². The molecule has 1 fully saturated rings. The van der Waals surface area contributed by atoms with E-state index in [1.807, 2.05) is 0 Å². The summed E-state index contributed by atoms with van der Waals surface area (Å²) in [6.45, 7) is 0. The first-order chi connectivity index (χ1) is 17.4. The van der Waals surface area contributed by atoms with Crippen LogP contribution in [0.25, 0.3) is 5.76 Å². The highest BCUT2D eigenvalue weighted by Gasteiger charge is 2.68.